The van der Waals surface area contributed by atoms with Crippen LogP contribution in [-0.2, 0) is 22.6 Å². The summed E-state index contributed by atoms with van der Waals surface area (Å²) < 4.78 is 5.20. The van der Waals surface area contributed by atoms with Gasteiger partial charge in [0.25, 0.3) is 0 Å². The number of aromatic nitrogens is 1. The van der Waals surface area contributed by atoms with Crippen molar-refractivity contribution in [2.24, 2.45) is 0 Å². The normalized spacial score (nSPS) is 9.89. The lowest BCUT2D eigenvalue weighted by molar-refractivity contribution is -0.134. The molecular formula is C26H25N5O5. The largest absolute Gasteiger partial charge is 0.497 e. The van der Waals surface area contributed by atoms with E-state index in [1.54, 1.807) is 25.4 Å². The molecule has 3 aromatic rings. The summed E-state index contributed by atoms with van der Waals surface area (Å²) in [4.78, 5) is 23.5. The number of benzene rings is 2. The summed E-state index contributed by atoms with van der Waals surface area (Å²) in [6, 6.07) is 21.1. The minimum absolute atomic E-state index is 0.166. The molecule has 0 unspecified atom stereocenters. The highest BCUT2D eigenvalue weighted by Crippen LogP contribution is 2.19. The maximum absolute atomic E-state index is 9.55. The highest BCUT2D eigenvalue weighted by Gasteiger charge is 2.07. The Labute approximate surface area is 208 Å². The Balaban J connectivity index is 0.000000493. The molecule has 0 aliphatic carbocycles. The lowest BCUT2D eigenvalue weighted by Crippen LogP contribution is -2.29. The van der Waals surface area contributed by atoms with Crippen LogP contribution >= 0.6 is 0 Å². The van der Waals surface area contributed by atoms with Gasteiger partial charge in [-0.3, -0.25) is 5.41 Å². The number of methoxy groups -OCH3 is 1. The van der Waals surface area contributed by atoms with Gasteiger partial charge in [0.1, 0.15) is 11.6 Å². The molecule has 1 heterocycles. The minimum atomic E-state index is -1.26. The lowest BCUT2D eigenvalue weighted by Gasteiger charge is -2.13. The van der Waals surface area contributed by atoms with Crippen molar-refractivity contribution in [3.63, 3.8) is 0 Å². The van der Waals surface area contributed by atoms with Gasteiger partial charge in [0.15, 0.2) is 5.96 Å². The number of anilines is 1. The van der Waals surface area contributed by atoms with E-state index in [-0.39, 0.29) is 5.96 Å². The molecule has 36 heavy (non-hydrogen) atoms. The predicted octanol–water partition coefficient (Wildman–Crippen LogP) is 3.40. The average molecular weight is 488 g/mol. The second-order valence-corrected chi connectivity index (χ2v) is 7.21. The van der Waals surface area contributed by atoms with Crippen LogP contribution in [0, 0.1) is 16.7 Å². The number of ether oxygens (including phenoxy) is 1. The molecule has 3 rings (SSSR count). The van der Waals surface area contributed by atoms with Crippen LogP contribution in [0.5, 0.6) is 5.75 Å². The topological polar surface area (TPSA) is 168 Å². The molecule has 0 fully saturated rings. The maximum atomic E-state index is 9.55. The third kappa shape index (κ3) is 9.76. The van der Waals surface area contributed by atoms with Crippen LogP contribution in [0.2, 0.25) is 0 Å². The van der Waals surface area contributed by atoms with E-state index in [0.29, 0.717) is 36.5 Å². The van der Waals surface area contributed by atoms with Gasteiger partial charge in [-0.15, -0.1) is 0 Å². The Bertz CT molecular complexity index is 1230. The first-order valence-corrected chi connectivity index (χ1v) is 10.6. The van der Waals surface area contributed by atoms with E-state index in [4.69, 9.17) is 25.6 Å². The monoisotopic (exact) mass is 487 g/mol. The Morgan fingerprint density at radius 3 is 2.19 bits per heavy atom. The third-order valence-corrected chi connectivity index (χ3v) is 4.61. The number of guanidine groups is 1. The number of carbonyl (C=O) groups is 2. The van der Waals surface area contributed by atoms with Gasteiger partial charge in [-0.2, -0.15) is 5.26 Å². The number of hydrogen-bond acceptors (Lipinski definition) is 6. The lowest BCUT2D eigenvalue weighted by atomic mass is 10.1. The summed E-state index contributed by atoms with van der Waals surface area (Å²) in [5, 5.41) is 38.7. The Morgan fingerprint density at radius 1 is 1.03 bits per heavy atom. The third-order valence-electron chi connectivity index (χ3n) is 4.61. The fourth-order valence-corrected chi connectivity index (χ4v) is 2.85. The Hall–Kier alpha value is -5.17. The van der Waals surface area contributed by atoms with Gasteiger partial charge in [-0.1, -0.05) is 30.3 Å². The zero-order valence-electron chi connectivity index (χ0n) is 19.4. The van der Waals surface area contributed by atoms with E-state index in [9.17, 15) is 9.59 Å². The molecule has 1 aromatic heterocycles. The van der Waals surface area contributed by atoms with Crippen LogP contribution in [-0.4, -0.2) is 40.2 Å². The number of carboxylic acid groups (broad SMARTS) is 2. The SMILES string of the molecule is COc1ccc(Cc2cccnc2NC(=N)NCc2ccc(C#N)cc2)cc1.O=C(O)/C=C\C(=O)O. The molecule has 10 heteroatoms. The van der Waals surface area contributed by atoms with Gasteiger partial charge in [0.2, 0.25) is 0 Å². The predicted molar refractivity (Wildman–Crippen MR) is 134 cm³/mol. The molecule has 0 atom stereocenters. The number of pyridine rings is 1. The molecule has 2 aromatic carbocycles. The zero-order valence-corrected chi connectivity index (χ0v) is 19.4. The van der Waals surface area contributed by atoms with Gasteiger partial charge in [0.05, 0.1) is 18.7 Å². The molecule has 10 nitrogen and oxygen atoms in total. The second-order valence-electron chi connectivity index (χ2n) is 7.21. The van der Waals surface area contributed by atoms with Crippen LogP contribution in [0.1, 0.15) is 22.3 Å². The molecule has 0 saturated carbocycles. The molecule has 0 spiro atoms. The Morgan fingerprint density at radius 2 is 1.64 bits per heavy atom. The van der Waals surface area contributed by atoms with Gasteiger partial charge in [-0.25, -0.2) is 14.6 Å². The van der Waals surface area contributed by atoms with Crippen molar-refractivity contribution in [2.45, 2.75) is 13.0 Å². The fraction of sp³-hybridized carbons (Fsp3) is 0.115. The van der Waals surface area contributed by atoms with Crippen molar-refractivity contribution in [2.75, 3.05) is 12.4 Å². The van der Waals surface area contributed by atoms with E-state index < -0.39 is 11.9 Å². The molecule has 184 valence electrons. The summed E-state index contributed by atoms with van der Waals surface area (Å²) in [5.41, 5.74) is 3.74. The summed E-state index contributed by atoms with van der Waals surface area (Å²) in [6.45, 7) is 0.484. The fourth-order valence-electron chi connectivity index (χ4n) is 2.85. The van der Waals surface area contributed by atoms with Gasteiger partial charge < -0.3 is 25.6 Å². The number of nitriles is 1. The maximum Gasteiger partial charge on any atom is 0.328 e. The van der Waals surface area contributed by atoms with E-state index in [0.717, 1.165) is 22.4 Å². The number of nitrogens with one attached hydrogen (secondary N) is 3. The van der Waals surface area contributed by atoms with Crippen LogP contribution < -0.4 is 15.4 Å². The number of carboxylic acids is 2. The van der Waals surface area contributed by atoms with Crippen molar-refractivity contribution >= 4 is 23.7 Å². The standard InChI is InChI=1S/C22H21N5O.C4H4O4/c1-28-20-10-8-16(9-11-20)13-19-3-2-12-25-21(19)27-22(24)26-15-18-6-4-17(14-23)5-7-18;5-3(6)1-2-4(7)8/h2-12H,13,15H2,1H3,(H3,24,25,26,27);1-2H,(H,5,6)(H,7,8)/b;2-1-. The van der Waals surface area contributed by atoms with Crippen molar-refractivity contribution < 1.29 is 24.5 Å². The van der Waals surface area contributed by atoms with E-state index >= 15 is 0 Å². The van der Waals surface area contributed by atoms with Crippen LogP contribution in [0.25, 0.3) is 0 Å². The van der Waals surface area contributed by atoms with E-state index in [1.165, 1.54) is 0 Å². The first kappa shape index (κ1) is 27.1. The smallest absolute Gasteiger partial charge is 0.328 e. The van der Waals surface area contributed by atoms with Crippen molar-refractivity contribution in [1.82, 2.24) is 10.3 Å². The van der Waals surface area contributed by atoms with Gasteiger partial charge in [-0.05, 0) is 47.0 Å². The minimum Gasteiger partial charge on any atom is -0.497 e. The molecule has 0 bridgehead atoms. The second kappa shape index (κ2) is 14.2. The van der Waals surface area contributed by atoms with Crippen molar-refractivity contribution in [1.29, 1.82) is 10.7 Å². The summed E-state index contributed by atoms with van der Waals surface area (Å²) >= 11 is 0. The molecule has 0 aliphatic rings. The quantitative estimate of drug-likeness (QED) is 0.182. The van der Waals surface area contributed by atoms with Crippen LogP contribution in [0.3, 0.4) is 0 Å². The number of hydrogen-bond donors (Lipinski definition) is 5. The van der Waals surface area contributed by atoms with E-state index in [1.807, 2.05) is 48.5 Å². The molecular weight excluding hydrogens is 462 g/mol. The highest BCUT2D eigenvalue weighted by molar-refractivity contribution is 5.91. The van der Waals surface area contributed by atoms with E-state index in [2.05, 4.69) is 21.7 Å². The number of nitrogens with zero attached hydrogens (tertiary/aromatic N) is 2. The summed E-state index contributed by atoms with van der Waals surface area (Å²) in [7, 11) is 1.65. The Kier molecular flexibility index (Phi) is 10.7. The number of rotatable bonds is 8. The molecule has 0 aliphatic heterocycles. The molecule has 0 saturated heterocycles. The number of aliphatic carboxylic acids is 2. The van der Waals surface area contributed by atoms with Crippen molar-refractivity contribution in [3.05, 3.63) is 101 Å². The molecule has 5 N–H and O–H groups in total. The van der Waals surface area contributed by atoms with Gasteiger partial charge in [0, 0.05) is 31.3 Å². The van der Waals surface area contributed by atoms with Crippen molar-refractivity contribution in [3.8, 4) is 11.8 Å². The average Bonchev–Trinajstić information content (AvgIpc) is 2.88. The molecule has 0 amide bonds. The van der Waals surface area contributed by atoms with Crippen LogP contribution in [0.15, 0.2) is 79.0 Å². The highest BCUT2D eigenvalue weighted by atomic mass is 16.5. The van der Waals surface area contributed by atoms with Gasteiger partial charge >= 0.3 is 11.9 Å². The summed E-state index contributed by atoms with van der Waals surface area (Å²) in [5.74, 6) is -0.878. The molecule has 0 radical (unpaired) electrons. The first-order chi connectivity index (χ1) is 17.3. The summed E-state index contributed by atoms with van der Waals surface area (Å²) in [6.07, 6.45) is 3.52. The first-order valence-electron chi connectivity index (χ1n) is 10.6. The van der Waals surface area contributed by atoms with Crippen LogP contribution in [0.4, 0.5) is 5.82 Å². The zero-order chi connectivity index (χ0) is 26.3.